The quantitative estimate of drug-likeness (QED) is 0.840. The zero-order valence-corrected chi connectivity index (χ0v) is 13.7. The van der Waals surface area contributed by atoms with E-state index in [0.29, 0.717) is 11.5 Å². The van der Waals surface area contributed by atoms with Crippen LogP contribution in [0.4, 0.5) is 0 Å². The molecule has 0 radical (unpaired) electrons. The van der Waals surface area contributed by atoms with Crippen LogP contribution in [0.1, 0.15) is 68.0 Å². The third-order valence-corrected chi connectivity index (χ3v) is 4.35. The Labute approximate surface area is 131 Å². The molecule has 1 heterocycles. The Bertz CT molecular complexity index is 563. The number of hydrogen-bond acceptors (Lipinski definition) is 3. The molecule has 6 nitrogen and oxygen atoms in total. The predicted octanol–water partition coefficient (Wildman–Crippen LogP) is 2.52. The number of hydrogen-bond donors (Lipinski definition) is 1. The number of amides is 1. The van der Waals surface area contributed by atoms with E-state index in [9.17, 15) is 9.59 Å². The molecule has 1 aliphatic carbocycles. The number of carboxylic acid groups (broad SMARTS) is 1. The van der Waals surface area contributed by atoms with Crippen LogP contribution in [0.3, 0.4) is 0 Å². The summed E-state index contributed by atoms with van der Waals surface area (Å²) in [6.45, 7) is 6.01. The monoisotopic (exact) mass is 307 g/mol. The summed E-state index contributed by atoms with van der Waals surface area (Å²) in [4.78, 5) is 25.1. The van der Waals surface area contributed by atoms with Gasteiger partial charge in [0.1, 0.15) is 0 Å². The van der Waals surface area contributed by atoms with Crippen LogP contribution in [-0.2, 0) is 4.79 Å². The Balaban J connectivity index is 2.22. The summed E-state index contributed by atoms with van der Waals surface area (Å²) in [7, 11) is 1.65. The van der Waals surface area contributed by atoms with E-state index in [-0.39, 0.29) is 18.5 Å². The van der Waals surface area contributed by atoms with Gasteiger partial charge < -0.3 is 10.0 Å². The number of nitrogens with zero attached hydrogens (tertiary/aromatic N) is 3. The second kappa shape index (κ2) is 6.50. The van der Waals surface area contributed by atoms with Crippen molar-refractivity contribution in [2.24, 2.45) is 5.92 Å². The van der Waals surface area contributed by atoms with Gasteiger partial charge in [-0.15, -0.1) is 0 Å². The maximum atomic E-state index is 12.7. The summed E-state index contributed by atoms with van der Waals surface area (Å²) in [6.07, 6.45) is 4.79. The maximum Gasteiger partial charge on any atom is 0.308 e. The van der Waals surface area contributed by atoms with Gasteiger partial charge in [-0.1, -0.05) is 13.8 Å². The summed E-state index contributed by atoms with van der Waals surface area (Å²) < 4.78 is 1.97. The van der Waals surface area contributed by atoms with Crippen LogP contribution >= 0.6 is 0 Å². The van der Waals surface area contributed by atoms with E-state index in [2.05, 4.69) is 18.9 Å². The van der Waals surface area contributed by atoms with Crippen molar-refractivity contribution in [2.75, 3.05) is 13.6 Å². The average molecular weight is 307 g/mol. The molecule has 2 atom stereocenters. The highest BCUT2D eigenvalue weighted by Gasteiger charge is 2.34. The first-order valence-corrected chi connectivity index (χ1v) is 7.92. The van der Waals surface area contributed by atoms with Crippen LogP contribution in [-0.4, -0.2) is 45.3 Å². The third kappa shape index (κ3) is 3.31. The lowest BCUT2D eigenvalue weighted by atomic mass is 10.1. The molecule has 1 saturated carbocycles. The molecule has 1 aromatic heterocycles. The molecule has 22 heavy (non-hydrogen) atoms. The summed E-state index contributed by atoms with van der Waals surface area (Å²) >= 11 is 0. The minimum atomic E-state index is -0.891. The van der Waals surface area contributed by atoms with Crippen molar-refractivity contribution in [1.82, 2.24) is 14.7 Å². The summed E-state index contributed by atoms with van der Waals surface area (Å²) in [6, 6.07) is 0.264. The molecule has 0 bridgehead atoms. The van der Waals surface area contributed by atoms with E-state index >= 15 is 0 Å². The van der Waals surface area contributed by atoms with Crippen LogP contribution in [0, 0.1) is 5.92 Å². The maximum absolute atomic E-state index is 12.7. The molecule has 1 amide bonds. The summed E-state index contributed by atoms with van der Waals surface area (Å²) in [5, 5.41) is 13.4. The van der Waals surface area contributed by atoms with E-state index in [0.717, 1.165) is 25.0 Å². The lowest BCUT2D eigenvalue weighted by Gasteiger charge is -2.20. The van der Waals surface area contributed by atoms with Crippen LogP contribution in [0.5, 0.6) is 0 Å². The van der Waals surface area contributed by atoms with E-state index in [1.54, 1.807) is 20.2 Å². The van der Waals surface area contributed by atoms with Crippen molar-refractivity contribution in [2.45, 2.75) is 52.0 Å². The van der Waals surface area contributed by atoms with Crippen LogP contribution in [0.2, 0.25) is 0 Å². The second-order valence-corrected chi connectivity index (χ2v) is 6.34. The van der Waals surface area contributed by atoms with E-state index in [4.69, 9.17) is 5.11 Å². The second-order valence-electron chi connectivity index (χ2n) is 6.34. The zero-order chi connectivity index (χ0) is 16.4. The van der Waals surface area contributed by atoms with Gasteiger partial charge in [-0.3, -0.25) is 14.3 Å². The SMILES string of the molecule is CCC(C)n1ncc(C(=O)N(C)CC(C)C(=O)O)c1C1CC1. The number of carbonyl (C=O) groups excluding carboxylic acids is 1. The molecular formula is C16H25N3O3. The van der Waals surface area contributed by atoms with Gasteiger partial charge in [0.2, 0.25) is 0 Å². The van der Waals surface area contributed by atoms with Crippen LogP contribution < -0.4 is 0 Å². The Morgan fingerprint density at radius 3 is 2.59 bits per heavy atom. The van der Waals surface area contributed by atoms with Gasteiger partial charge in [0.15, 0.2) is 0 Å². The van der Waals surface area contributed by atoms with Gasteiger partial charge in [0.25, 0.3) is 5.91 Å². The molecule has 0 spiro atoms. The molecule has 1 N–H and O–H groups in total. The highest BCUT2D eigenvalue weighted by atomic mass is 16.4. The van der Waals surface area contributed by atoms with Crippen molar-refractivity contribution >= 4 is 11.9 Å². The average Bonchev–Trinajstić information content (AvgIpc) is 3.23. The van der Waals surface area contributed by atoms with Gasteiger partial charge in [-0.2, -0.15) is 5.10 Å². The molecule has 1 fully saturated rings. The Kier molecular flexibility index (Phi) is 4.88. The number of aromatic nitrogens is 2. The predicted molar refractivity (Wildman–Crippen MR) is 83.0 cm³/mol. The third-order valence-electron chi connectivity index (χ3n) is 4.35. The van der Waals surface area contributed by atoms with Crippen LogP contribution in [0.15, 0.2) is 6.20 Å². The first-order chi connectivity index (χ1) is 10.4. The number of carbonyl (C=O) groups is 2. The molecule has 122 valence electrons. The van der Waals surface area contributed by atoms with E-state index < -0.39 is 11.9 Å². The largest absolute Gasteiger partial charge is 0.481 e. The Morgan fingerprint density at radius 1 is 1.45 bits per heavy atom. The number of rotatable bonds is 7. The molecule has 0 aromatic carbocycles. The van der Waals surface area contributed by atoms with Crippen molar-refractivity contribution in [1.29, 1.82) is 0 Å². The van der Waals surface area contributed by atoms with E-state index in [1.807, 2.05) is 4.68 Å². The van der Waals surface area contributed by atoms with Crippen molar-refractivity contribution in [3.05, 3.63) is 17.5 Å². The number of aliphatic carboxylic acids is 1. The van der Waals surface area contributed by atoms with Gasteiger partial charge in [-0.05, 0) is 26.2 Å². The fraction of sp³-hybridized carbons (Fsp3) is 0.688. The highest BCUT2D eigenvalue weighted by molar-refractivity contribution is 5.95. The fourth-order valence-electron chi connectivity index (χ4n) is 2.60. The molecular weight excluding hydrogens is 282 g/mol. The molecule has 2 unspecified atom stereocenters. The summed E-state index contributed by atoms with van der Waals surface area (Å²) in [5.41, 5.74) is 1.65. The summed E-state index contributed by atoms with van der Waals surface area (Å²) in [5.74, 6) is -1.19. The van der Waals surface area contributed by atoms with Crippen LogP contribution in [0.25, 0.3) is 0 Å². The molecule has 1 aliphatic rings. The first-order valence-electron chi connectivity index (χ1n) is 7.92. The normalized spacial score (nSPS) is 17.1. The lowest BCUT2D eigenvalue weighted by Crippen LogP contribution is -2.34. The Morgan fingerprint density at radius 2 is 2.09 bits per heavy atom. The minimum absolute atomic E-state index is 0.135. The molecule has 2 rings (SSSR count). The standard InChI is InChI=1S/C16H25N3O3/c1-5-11(3)19-14(12-6-7-12)13(8-17-19)15(20)18(4)9-10(2)16(21)22/h8,10-12H,5-7,9H2,1-4H3,(H,21,22). The van der Waals surface area contributed by atoms with Gasteiger partial charge in [0, 0.05) is 25.6 Å². The van der Waals surface area contributed by atoms with E-state index in [1.165, 1.54) is 4.90 Å². The van der Waals surface area contributed by atoms with Gasteiger partial charge in [-0.25, -0.2) is 0 Å². The fourth-order valence-corrected chi connectivity index (χ4v) is 2.60. The van der Waals surface area contributed by atoms with Gasteiger partial charge in [0.05, 0.1) is 23.4 Å². The van der Waals surface area contributed by atoms with Gasteiger partial charge >= 0.3 is 5.97 Å². The topological polar surface area (TPSA) is 75.4 Å². The minimum Gasteiger partial charge on any atom is -0.481 e. The van der Waals surface area contributed by atoms with Crippen molar-refractivity contribution in [3.63, 3.8) is 0 Å². The zero-order valence-electron chi connectivity index (χ0n) is 13.7. The molecule has 0 saturated heterocycles. The van der Waals surface area contributed by atoms with Crippen molar-refractivity contribution < 1.29 is 14.7 Å². The highest BCUT2D eigenvalue weighted by Crippen LogP contribution is 2.42. The molecule has 1 aromatic rings. The number of carboxylic acids is 1. The van der Waals surface area contributed by atoms with Crippen molar-refractivity contribution in [3.8, 4) is 0 Å². The molecule has 0 aliphatic heterocycles. The molecule has 6 heteroatoms. The Hall–Kier alpha value is -1.85. The lowest BCUT2D eigenvalue weighted by molar-refractivity contribution is -0.141. The first kappa shape index (κ1) is 16.5. The smallest absolute Gasteiger partial charge is 0.308 e.